The predicted molar refractivity (Wildman–Crippen MR) is 110 cm³/mol. The van der Waals surface area contributed by atoms with E-state index in [9.17, 15) is 4.79 Å². The van der Waals surface area contributed by atoms with Gasteiger partial charge in [-0.2, -0.15) is 5.10 Å². The Kier molecular flexibility index (Phi) is 4.70. The zero-order chi connectivity index (χ0) is 19.7. The number of hydrogen-bond donors (Lipinski definition) is 1. The van der Waals surface area contributed by atoms with Gasteiger partial charge in [-0.1, -0.05) is 30.3 Å². The molecular weight excluding hydrogens is 362 g/mol. The summed E-state index contributed by atoms with van der Waals surface area (Å²) >= 11 is 0. The summed E-state index contributed by atoms with van der Waals surface area (Å²) in [5.41, 5.74) is 3.51. The summed E-state index contributed by atoms with van der Waals surface area (Å²) in [5, 5.41) is 7.58. The van der Waals surface area contributed by atoms with Crippen LogP contribution in [0.15, 0.2) is 55.2 Å². The van der Waals surface area contributed by atoms with E-state index in [1.54, 1.807) is 6.20 Å². The minimum atomic E-state index is -0.219. The highest BCUT2D eigenvalue weighted by Gasteiger charge is 2.52. The fourth-order valence-electron chi connectivity index (χ4n) is 4.68. The van der Waals surface area contributed by atoms with Gasteiger partial charge in [-0.25, -0.2) is 4.98 Å². The molecule has 3 aromatic rings. The van der Waals surface area contributed by atoms with Crippen LogP contribution in [0.5, 0.6) is 0 Å². The van der Waals surface area contributed by atoms with E-state index in [4.69, 9.17) is 0 Å². The molecule has 0 bridgehead atoms. The van der Waals surface area contributed by atoms with Gasteiger partial charge in [-0.05, 0) is 36.8 Å². The molecule has 0 radical (unpaired) electrons. The average molecular weight is 390 g/mol. The Labute approximate surface area is 171 Å². The highest BCUT2D eigenvalue weighted by molar-refractivity contribution is 5.85. The quantitative estimate of drug-likeness (QED) is 0.703. The zero-order valence-corrected chi connectivity index (χ0v) is 16.6. The first kappa shape index (κ1) is 18.2. The molecule has 2 aliphatic rings. The van der Waals surface area contributed by atoms with Gasteiger partial charge in [-0.15, -0.1) is 0 Å². The molecule has 6 nitrogen and oxygen atoms in total. The molecule has 1 amide bonds. The van der Waals surface area contributed by atoms with Crippen molar-refractivity contribution in [1.29, 1.82) is 0 Å². The first-order valence-electron chi connectivity index (χ1n) is 10.5. The number of nitrogens with zero attached hydrogens (tertiary/aromatic N) is 4. The van der Waals surface area contributed by atoms with E-state index in [0.29, 0.717) is 11.8 Å². The summed E-state index contributed by atoms with van der Waals surface area (Å²) in [6.45, 7) is 2.40. The lowest BCUT2D eigenvalue weighted by Gasteiger charge is -2.35. The molecule has 1 aliphatic heterocycles. The van der Waals surface area contributed by atoms with Gasteiger partial charge in [0.2, 0.25) is 5.91 Å². The van der Waals surface area contributed by atoms with Gasteiger partial charge in [0.1, 0.15) is 0 Å². The largest absolute Gasteiger partial charge is 0.341 e. The molecule has 0 spiro atoms. The Bertz CT molecular complexity index is 958. The molecule has 1 saturated heterocycles. The first-order valence-corrected chi connectivity index (χ1v) is 10.5. The predicted octanol–water partition coefficient (Wildman–Crippen LogP) is 3.38. The van der Waals surface area contributed by atoms with Crippen LogP contribution >= 0.6 is 0 Å². The first-order chi connectivity index (χ1) is 14.2. The van der Waals surface area contributed by atoms with Crippen LogP contribution in [0, 0.1) is 5.41 Å². The van der Waals surface area contributed by atoms with E-state index in [2.05, 4.69) is 44.3 Å². The number of hydrogen-bond acceptors (Lipinski definition) is 3. The van der Waals surface area contributed by atoms with Crippen LogP contribution in [0.4, 0.5) is 0 Å². The molecule has 0 unspecified atom stereocenters. The summed E-state index contributed by atoms with van der Waals surface area (Å²) in [6, 6.07) is 10.5. The molecule has 2 fully saturated rings. The zero-order valence-electron chi connectivity index (χ0n) is 16.6. The van der Waals surface area contributed by atoms with Crippen molar-refractivity contribution in [1.82, 2.24) is 24.6 Å². The van der Waals surface area contributed by atoms with E-state index < -0.39 is 0 Å². The number of piperidine rings is 1. The number of carbonyl (C=O) groups is 1. The molecule has 2 aromatic heterocycles. The number of nitrogens with one attached hydrogen (secondary N) is 1. The topological polar surface area (TPSA) is 66.8 Å². The Morgan fingerprint density at radius 3 is 2.86 bits per heavy atom. The smallest absolute Gasteiger partial charge is 0.230 e. The highest BCUT2D eigenvalue weighted by atomic mass is 16.2. The van der Waals surface area contributed by atoms with Crippen molar-refractivity contribution in [3.8, 4) is 0 Å². The summed E-state index contributed by atoms with van der Waals surface area (Å²) in [6.07, 6.45) is 12.5. The molecule has 1 N–H and O–H groups in total. The van der Waals surface area contributed by atoms with Gasteiger partial charge in [0.15, 0.2) is 0 Å². The van der Waals surface area contributed by atoms with E-state index in [-0.39, 0.29) is 5.41 Å². The Morgan fingerprint density at radius 2 is 2.10 bits per heavy atom. The highest BCUT2D eigenvalue weighted by Crippen LogP contribution is 2.49. The van der Waals surface area contributed by atoms with Crippen LogP contribution in [0.2, 0.25) is 0 Å². The van der Waals surface area contributed by atoms with Gasteiger partial charge in [0.25, 0.3) is 0 Å². The SMILES string of the molecule is O=C(N1CCC[C@@H](c2[nH]ncc2Cc2ccccc2)C1)C1(Cn2ccnc2)CC1. The monoisotopic (exact) mass is 389 g/mol. The second-order valence-electron chi connectivity index (χ2n) is 8.58. The van der Waals surface area contributed by atoms with Crippen molar-refractivity contribution in [2.45, 2.75) is 44.6 Å². The summed E-state index contributed by atoms with van der Waals surface area (Å²) in [5.74, 6) is 0.651. The molecule has 1 atom stereocenters. The molecule has 1 aromatic carbocycles. The van der Waals surface area contributed by atoms with Crippen LogP contribution in [-0.2, 0) is 17.8 Å². The second kappa shape index (κ2) is 7.50. The minimum Gasteiger partial charge on any atom is -0.341 e. The van der Waals surface area contributed by atoms with E-state index in [1.807, 2.05) is 29.4 Å². The minimum absolute atomic E-state index is 0.219. The molecule has 3 heterocycles. The van der Waals surface area contributed by atoms with Crippen molar-refractivity contribution in [2.24, 2.45) is 5.41 Å². The third-order valence-corrected chi connectivity index (χ3v) is 6.46. The molecule has 1 aliphatic carbocycles. The Balaban J connectivity index is 1.29. The summed E-state index contributed by atoms with van der Waals surface area (Å²) in [4.78, 5) is 19.6. The van der Waals surface area contributed by atoms with Crippen LogP contribution in [0.25, 0.3) is 0 Å². The lowest BCUT2D eigenvalue weighted by Crippen LogP contribution is -2.44. The van der Waals surface area contributed by atoms with Crippen LogP contribution in [0.1, 0.15) is 48.4 Å². The number of imidazole rings is 1. The molecule has 29 heavy (non-hydrogen) atoms. The van der Waals surface area contributed by atoms with Gasteiger partial charge in [-0.3, -0.25) is 9.89 Å². The third kappa shape index (κ3) is 3.71. The Hall–Kier alpha value is -2.89. The average Bonchev–Trinajstić information content (AvgIpc) is 3.13. The number of H-pyrrole nitrogens is 1. The third-order valence-electron chi connectivity index (χ3n) is 6.46. The van der Waals surface area contributed by atoms with Gasteiger partial charge >= 0.3 is 0 Å². The number of carbonyl (C=O) groups excluding carboxylic acids is 1. The van der Waals surface area contributed by atoms with Crippen LogP contribution in [-0.4, -0.2) is 43.6 Å². The van der Waals surface area contributed by atoms with Gasteiger partial charge in [0, 0.05) is 50.1 Å². The molecule has 1 saturated carbocycles. The number of rotatable bonds is 6. The number of amides is 1. The number of aromatic nitrogens is 4. The summed E-state index contributed by atoms with van der Waals surface area (Å²) < 4.78 is 2.04. The summed E-state index contributed by atoms with van der Waals surface area (Å²) in [7, 11) is 0. The van der Waals surface area contributed by atoms with Crippen LogP contribution in [0.3, 0.4) is 0 Å². The van der Waals surface area contributed by atoms with Gasteiger partial charge in [0.05, 0.1) is 17.9 Å². The van der Waals surface area contributed by atoms with Crippen molar-refractivity contribution >= 4 is 5.91 Å². The standard InChI is InChI=1S/C23H27N5O/c29-22(23(8-9-23)16-27-12-10-24-17-27)28-11-4-7-19(15-28)21-20(14-25-26-21)13-18-5-2-1-3-6-18/h1-3,5-6,10,12,14,17,19H,4,7-9,11,13,15-16H2,(H,25,26)/t19-/m1/s1. The Morgan fingerprint density at radius 1 is 1.24 bits per heavy atom. The number of aromatic amines is 1. The van der Waals surface area contributed by atoms with Crippen molar-refractivity contribution < 1.29 is 4.79 Å². The lowest BCUT2D eigenvalue weighted by molar-refractivity contribution is -0.138. The molecular formula is C23H27N5O. The van der Waals surface area contributed by atoms with E-state index in [0.717, 1.165) is 51.7 Å². The number of benzene rings is 1. The molecule has 150 valence electrons. The van der Waals surface area contributed by atoms with E-state index >= 15 is 0 Å². The van der Waals surface area contributed by atoms with Gasteiger partial charge < -0.3 is 9.47 Å². The van der Waals surface area contributed by atoms with Crippen molar-refractivity contribution in [3.05, 3.63) is 72.1 Å². The molecule has 5 rings (SSSR count). The fourth-order valence-corrected chi connectivity index (χ4v) is 4.68. The fraction of sp³-hybridized carbons (Fsp3) is 0.435. The maximum Gasteiger partial charge on any atom is 0.230 e. The van der Waals surface area contributed by atoms with Crippen molar-refractivity contribution in [3.63, 3.8) is 0 Å². The normalized spacial score (nSPS) is 20.6. The van der Waals surface area contributed by atoms with Crippen molar-refractivity contribution in [2.75, 3.05) is 13.1 Å². The maximum absolute atomic E-state index is 13.4. The van der Waals surface area contributed by atoms with E-state index in [1.165, 1.54) is 16.8 Å². The maximum atomic E-state index is 13.4. The lowest BCUT2D eigenvalue weighted by atomic mass is 9.90. The second-order valence-corrected chi connectivity index (χ2v) is 8.58. The van der Waals surface area contributed by atoms with Crippen LogP contribution < -0.4 is 0 Å². The number of likely N-dealkylation sites (tertiary alicyclic amines) is 1. The molecule has 6 heteroatoms.